The van der Waals surface area contributed by atoms with Crippen LogP contribution in [0, 0.1) is 12.3 Å². The summed E-state index contributed by atoms with van der Waals surface area (Å²) in [7, 11) is 1.62. The summed E-state index contributed by atoms with van der Waals surface area (Å²) in [6.07, 6.45) is 0.260. The molecule has 1 aromatic rings. The van der Waals surface area contributed by atoms with E-state index in [0.717, 1.165) is 16.9 Å². The molecule has 0 saturated heterocycles. The topological polar surface area (TPSA) is 70.6 Å². The van der Waals surface area contributed by atoms with Gasteiger partial charge in [0.15, 0.2) is 0 Å². The zero-order chi connectivity index (χ0) is 16.8. The number of urea groups is 1. The second-order valence-electron chi connectivity index (χ2n) is 6.57. The van der Waals surface area contributed by atoms with Crippen LogP contribution in [-0.2, 0) is 6.54 Å². The minimum atomic E-state index is -0.378. The molecule has 0 spiro atoms. The Morgan fingerprint density at radius 1 is 1.36 bits per heavy atom. The predicted octanol–water partition coefficient (Wildman–Crippen LogP) is 2.60. The van der Waals surface area contributed by atoms with Gasteiger partial charge in [0.2, 0.25) is 0 Å². The van der Waals surface area contributed by atoms with Gasteiger partial charge in [-0.2, -0.15) is 0 Å². The van der Waals surface area contributed by atoms with E-state index in [4.69, 9.17) is 4.74 Å². The van der Waals surface area contributed by atoms with E-state index in [9.17, 15) is 9.90 Å². The van der Waals surface area contributed by atoms with Crippen LogP contribution >= 0.6 is 0 Å². The molecule has 0 fully saturated rings. The fourth-order valence-corrected chi connectivity index (χ4v) is 2.43. The van der Waals surface area contributed by atoms with E-state index in [1.54, 1.807) is 14.0 Å². The number of amides is 2. The molecule has 0 aromatic heterocycles. The number of ether oxygens (including phenoxy) is 1. The maximum absolute atomic E-state index is 11.9. The lowest BCUT2D eigenvalue weighted by atomic mass is 9.87. The van der Waals surface area contributed by atoms with Gasteiger partial charge in [0.1, 0.15) is 5.75 Å². The Bertz CT molecular complexity index is 499. The summed E-state index contributed by atoms with van der Waals surface area (Å²) in [5, 5.41) is 15.1. The second kappa shape index (κ2) is 8.03. The van der Waals surface area contributed by atoms with Gasteiger partial charge >= 0.3 is 6.03 Å². The largest absolute Gasteiger partial charge is 0.496 e. The molecule has 0 bridgehead atoms. The molecule has 2 amide bonds. The molecule has 0 heterocycles. The number of benzene rings is 1. The smallest absolute Gasteiger partial charge is 0.315 e. The van der Waals surface area contributed by atoms with Crippen molar-refractivity contribution in [3.8, 4) is 5.75 Å². The number of aryl methyl sites for hydroxylation is 1. The molecule has 3 N–H and O–H groups in total. The van der Waals surface area contributed by atoms with Gasteiger partial charge in [0.25, 0.3) is 0 Å². The number of methoxy groups -OCH3 is 1. The number of carbonyl (C=O) groups is 1. The molecular weight excluding hydrogens is 280 g/mol. The minimum Gasteiger partial charge on any atom is -0.496 e. The van der Waals surface area contributed by atoms with Crippen LogP contribution in [-0.4, -0.2) is 30.9 Å². The number of hydrogen-bond donors (Lipinski definition) is 3. The number of aliphatic hydroxyl groups is 1. The average molecular weight is 308 g/mol. The zero-order valence-electron chi connectivity index (χ0n) is 14.2. The zero-order valence-corrected chi connectivity index (χ0v) is 14.2. The Morgan fingerprint density at radius 3 is 2.64 bits per heavy atom. The number of rotatable bonds is 7. The quantitative estimate of drug-likeness (QED) is 0.725. The third-order valence-electron chi connectivity index (χ3n) is 3.46. The molecule has 0 aliphatic carbocycles. The van der Waals surface area contributed by atoms with Crippen molar-refractivity contribution in [2.24, 2.45) is 5.41 Å². The Hall–Kier alpha value is -1.75. The van der Waals surface area contributed by atoms with Gasteiger partial charge in [-0.15, -0.1) is 0 Å². The fraction of sp³-hybridized carbons (Fsp3) is 0.588. The standard InChI is InChI=1S/C17H28N2O3/c1-12-6-7-14(15(8-12)22-5)10-18-16(21)19-11-17(3,4)9-13(2)20/h6-8,13,20H,9-11H2,1-5H3,(H2,18,19,21). The Labute approximate surface area is 133 Å². The van der Waals surface area contributed by atoms with Crippen LogP contribution in [0.25, 0.3) is 0 Å². The third kappa shape index (κ3) is 6.35. The van der Waals surface area contributed by atoms with Gasteiger partial charge in [-0.25, -0.2) is 4.79 Å². The van der Waals surface area contributed by atoms with Crippen molar-refractivity contribution < 1.29 is 14.6 Å². The third-order valence-corrected chi connectivity index (χ3v) is 3.46. The molecule has 0 aliphatic rings. The molecule has 124 valence electrons. The van der Waals surface area contributed by atoms with Crippen LogP contribution in [0.1, 0.15) is 38.3 Å². The Morgan fingerprint density at radius 2 is 2.05 bits per heavy atom. The van der Waals surface area contributed by atoms with Crippen molar-refractivity contribution in [3.05, 3.63) is 29.3 Å². The number of hydrogen-bond acceptors (Lipinski definition) is 3. The summed E-state index contributed by atoms with van der Waals surface area (Å²) < 4.78 is 5.32. The molecule has 1 unspecified atom stereocenters. The summed E-state index contributed by atoms with van der Waals surface area (Å²) in [4.78, 5) is 11.9. The normalized spacial score (nSPS) is 12.6. The monoisotopic (exact) mass is 308 g/mol. The van der Waals surface area contributed by atoms with Crippen LogP contribution in [0.3, 0.4) is 0 Å². The second-order valence-corrected chi connectivity index (χ2v) is 6.57. The molecule has 0 radical (unpaired) electrons. The first-order valence-electron chi connectivity index (χ1n) is 7.57. The van der Waals surface area contributed by atoms with Gasteiger partial charge in [0.05, 0.1) is 13.2 Å². The van der Waals surface area contributed by atoms with Gasteiger partial charge in [-0.1, -0.05) is 26.0 Å². The molecule has 5 heteroatoms. The van der Waals surface area contributed by atoms with Crippen molar-refractivity contribution in [3.63, 3.8) is 0 Å². The van der Waals surface area contributed by atoms with Crippen molar-refractivity contribution in [1.82, 2.24) is 10.6 Å². The average Bonchev–Trinajstić information content (AvgIpc) is 2.42. The van der Waals surface area contributed by atoms with Crippen molar-refractivity contribution in [1.29, 1.82) is 0 Å². The SMILES string of the molecule is COc1cc(C)ccc1CNC(=O)NCC(C)(C)CC(C)O. The van der Waals surface area contributed by atoms with E-state index in [1.807, 2.05) is 39.0 Å². The lowest BCUT2D eigenvalue weighted by Gasteiger charge is -2.26. The van der Waals surface area contributed by atoms with Gasteiger partial charge in [-0.3, -0.25) is 0 Å². The lowest BCUT2D eigenvalue weighted by molar-refractivity contribution is 0.129. The van der Waals surface area contributed by atoms with Crippen LogP contribution in [0.5, 0.6) is 5.75 Å². The summed E-state index contributed by atoms with van der Waals surface area (Å²) in [6.45, 7) is 8.70. The van der Waals surface area contributed by atoms with Crippen LogP contribution in [0.15, 0.2) is 18.2 Å². The maximum Gasteiger partial charge on any atom is 0.315 e. The minimum absolute atomic E-state index is 0.146. The van der Waals surface area contributed by atoms with Gasteiger partial charge in [-0.05, 0) is 37.3 Å². The number of nitrogens with one attached hydrogen (secondary N) is 2. The maximum atomic E-state index is 11.9. The van der Waals surface area contributed by atoms with E-state index in [0.29, 0.717) is 19.5 Å². The first kappa shape index (κ1) is 18.3. The van der Waals surface area contributed by atoms with E-state index in [-0.39, 0.29) is 17.6 Å². The number of carbonyl (C=O) groups excluding carboxylic acids is 1. The van der Waals surface area contributed by atoms with Crippen LogP contribution < -0.4 is 15.4 Å². The highest BCUT2D eigenvalue weighted by Gasteiger charge is 2.21. The van der Waals surface area contributed by atoms with E-state index in [1.165, 1.54) is 0 Å². The first-order valence-corrected chi connectivity index (χ1v) is 7.57. The molecule has 0 aliphatic heterocycles. The lowest BCUT2D eigenvalue weighted by Crippen LogP contribution is -2.41. The molecular formula is C17H28N2O3. The summed E-state index contributed by atoms with van der Waals surface area (Å²) in [5.74, 6) is 0.773. The van der Waals surface area contributed by atoms with Crippen molar-refractivity contribution >= 4 is 6.03 Å². The van der Waals surface area contributed by atoms with Crippen molar-refractivity contribution in [2.75, 3.05) is 13.7 Å². The fourth-order valence-electron chi connectivity index (χ4n) is 2.43. The highest BCUT2D eigenvalue weighted by Crippen LogP contribution is 2.21. The highest BCUT2D eigenvalue weighted by molar-refractivity contribution is 5.73. The molecule has 1 atom stereocenters. The Kier molecular flexibility index (Phi) is 6.68. The number of aliphatic hydroxyl groups excluding tert-OH is 1. The predicted molar refractivity (Wildman–Crippen MR) is 88.0 cm³/mol. The van der Waals surface area contributed by atoms with E-state index in [2.05, 4.69) is 10.6 Å². The summed E-state index contributed by atoms with van der Waals surface area (Å²) in [5.41, 5.74) is 1.91. The van der Waals surface area contributed by atoms with Gasteiger partial charge < -0.3 is 20.5 Å². The van der Waals surface area contributed by atoms with Gasteiger partial charge in [0, 0.05) is 18.7 Å². The molecule has 1 aromatic carbocycles. The van der Waals surface area contributed by atoms with E-state index < -0.39 is 0 Å². The van der Waals surface area contributed by atoms with Crippen LogP contribution in [0.4, 0.5) is 4.79 Å². The summed E-state index contributed by atoms with van der Waals surface area (Å²) >= 11 is 0. The summed E-state index contributed by atoms with van der Waals surface area (Å²) in [6, 6.07) is 5.66. The Balaban J connectivity index is 2.47. The van der Waals surface area contributed by atoms with E-state index >= 15 is 0 Å². The molecule has 22 heavy (non-hydrogen) atoms. The first-order chi connectivity index (χ1) is 10.2. The molecule has 5 nitrogen and oxygen atoms in total. The molecule has 1 rings (SSSR count). The highest BCUT2D eigenvalue weighted by atomic mass is 16.5. The van der Waals surface area contributed by atoms with Crippen molar-refractivity contribution in [2.45, 2.75) is 46.8 Å². The molecule has 0 saturated carbocycles. The van der Waals surface area contributed by atoms with Crippen LogP contribution in [0.2, 0.25) is 0 Å².